The van der Waals surface area contributed by atoms with E-state index in [1.165, 1.54) is 11.3 Å². The number of hydrogen-bond acceptors (Lipinski definition) is 9. The number of anilines is 3. The van der Waals surface area contributed by atoms with E-state index in [2.05, 4.69) is 30.1 Å². The number of halogens is 1. The highest BCUT2D eigenvalue weighted by Gasteiger charge is 2.34. The van der Waals surface area contributed by atoms with Gasteiger partial charge in [0.15, 0.2) is 16.8 Å². The fourth-order valence-electron chi connectivity index (χ4n) is 3.84. The van der Waals surface area contributed by atoms with Crippen LogP contribution < -0.4 is 15.0 Å². The highest BCUT2D eigenvalue weighted by Crippen LogP contribution is 2.34. The van der Waals surface area contributed by atoms with Crippen LogP contribution in [0.15, 0.2) is 36.0 Å². The quantitative estimate of drug-likeness (QED) is 0.685. The van der Waals surface area contributed by atoms with Crippen molar-refractivity contribution in [2.75, 3.05) is 36.5 Å². The van der Waals surface area contributed by atoms with Crippen LogP contribution in [0.3, 0.4) is 0 Å². The van der Waals surface area contributed by atoms with Gasteiger partial charge in [-0.3, -0.25) is 4.90 Å². The zero-order valence-corrected chi connectivity index (χ0v) is 16.8. The summed E-state index contributed by atoms with van der Waals surface area (Å²) in [7, 11) is 0. The second-order valence-corrected chi connectivity index (χ2v) is 8.02. The summed E-state index contributed by atoms with van der Waals surface area (Å²) in [6.45, 7) is 3.29. The van der Waals surface area contributed by atoms with E-state index in [4.69, 9.17) is 10.00 Å². The van der Waals surface area contributed by atoms with E-state index in [1.807, 2.05) is 17.5 Å². The third kappa shape index (κ3) is 3.53. The van der Waals surface area contributed by atoms with Crippen LogP contribution in [0.2, 0.25) is 0 Å². The van der Waals surface area contributed by atoms with Gasteiger partial charge < -0.3 is 15.0 Å². The van der Waals surface area contributed by atoms with Crippen LogP contribution in [0.25, 0.3) is 0 Å². The monoisotopic (exact) mass is 423 g/mol. The zero-order valence-electron chi connectivity index (χ0n) is 16.0. The Balaban J connectivity index is 1.29. The molecule has 0 amide bonds. The maximum atomic E-state index is 15.0. The van der Waals surface area contributed by atoms with Gasteiger partial charge in [-0.2, -0.15) is 5.26 Å². The fourth-order valence-corrected chi connectivity index (χ4v) is 4.37. The van der Waals surface area contributed by atoms with E-state index in [1.54, 1.807) is 24.5 Å². The van der Waals surface area contributed by atoms with Gasteiger partial charge in [-0.1, -0.05) is 0 Å². The summed E-state index contributed by atoms with van der Waals surface area (Å²) in [4.78, 5) is 17.0. The summed E-state index contributed by atoms with van der Waals surface area (Å²) < 4.78 is 20.8. The number of rotatable bonds is 4. The molecule has 3 aromatic heterocycles. The normalized spacial score (nSPS) is 18.1. The minimum absolute atomic E-state index is 0.152. The Kier molecular flexibility index (Phi) is 4.90. The van der Waals surface area contributed by atoms with Crippen LogP contribution in [-0.2, 0) is 6.54 Å². The van der Waals surface area contributed by atoms with Gasteiger partial charge >= 0.3 is 0 Å². The number of pyridine rings is 2. The van der Waals surface area contributed by atoms with Crippen LogP contribution in [0.5, 0.6) is 5.88 Å². The molecule has 1 unspecified atom stereocenters. The molecule has 0 radical (unpaired) electrons. The molecule has 2 aliphatic rings. The fraction of sp³-hybridized carbons (Fsp3) is 0.300. The van der Waals surface area contributed by atoms with Gasteiger partial charge in [0.05, 0.1) is 6.04 Å². The average molecular weight is 423 g/mol. The lowest BCUT2D eigenvalue weighted by atomic mass is 10.1. The predicted molar refractivity (Wildman–Crippen MR) is 110 cm³/mol. The summed E-state index contributed by atoms with van der Waals surface area (Å²) in [5, 5.41) is 14.4. The predicted octanol–water partition coefficient (Wildman–Crippen LogP) is 2.77. The van der Waals surface area contributed by atoms with Gasteiger partial charge in [-0.15, -0.1) is 11.3 Å². The molecule has 2 aliphatic heterocycles. The van der Waals surface area contributed by atoms with Crippen molar-refractivity contribution >= 4 is 28.0 Å². The Hall–Kier alpha value is -3.29. The molecule has 0 saturated carbocycles. The molecule has 0 spiro atoms. The first-order valence-electron chi connectivity index (χ1n) is 9.54. The minimum Gasteiger partial charge on any atom is -0.474 e. The number of ether oxygens (including phenoxy) is 1. The number of nitrogens with one attached hydrogen (secondary N) is 1. The molecule has 0 bridgehead atoms. The first kappa shape index (κ1) is 18.7. The molecule has 5 rings (SSSR count). The molecule has 1 N–H and O–H groups in total. The number of nitriles is 1. The van der Waals surface area contributed by atoms with E-state index < -0.39 is 0 Å². The average Bonchev–Trinajstić information content (AvgIpc) is 3.29. The van der Waals surface area contributed by atoms with Crippen molar-refractivity contribution in [3.8, 4) is 11.9 Å². The number of nitrogens with zero attached hydrogens (tertiary/aromatic N) is 6. The Morgan fingerprint density at radius 2 is 2.20 bits per heavy atom. The molecule has 3 aromatic rings. The lowest BCUT2D eigenvalue weighted by molar-refractivity contribution is 0.157. The van der Waals surface area contributed by atoms with E-state index in [0.717, 1.165) is 25.3 Å². The molecular weight excluding hydrogens is 405 g/mol. The summed E-state index contributed by atoms with van der Waals surface area (Å²) in [6.07, 6.45) is 3.28. The van der Waals surface area contributed by atoms with Gasteiger partial charge in [0.2, 0.25) is 5.88 Å². The van der Waals surface area contributed by atoms with Crippen LogP contribution in [0.1, 0.15) is 11.3 Å². The maximum Gasteiger partial charge on any atom is 0.238 e. The molecule has 30 heavy (non-hydrogen) atoms. The van der Waals surface area contributed by atoms with Gasteiger partial charge in [-0.25, -0.2) is 19.3 Å². The third-order valence-electron chi connectivity index (χ3n) is 5.26. The van der Waals surface area contributed by atoms with Crippen molar-refractivity contribution in [2.24, 2.45) is 0 Å². The smallest absolute Gasteiger partial charge is 0.238 e. The second-order valence-electron chi connectivity index (χ2n) is 7.12. The molecule has 1 fully saturated rings. The Morgan fingerprint density at radius 1 is 1.27 bits per heavy atom. The Bertz CT molecular complexity index is 1100. The lowest BCUT2D eigenvalue weighted by Gasteiger charge is -2.45. The molecule has 1 saturated heterocycles. The van der Waals surface area contributed by atoms with Crippen molar-refractivity contribution < 1.29 is 9.13 Å². The number of hydrogen-bond donors (Lipinski definition) is 1. The summed E-state index contributed by atoms with van der Waals surface area (Å²) >= 11 is 1.40. The van der Waals surface area contributed by atoms with Gasteiger partial charge in [0, 0.05) is 49.5 Å². The second kappa shape index (κ2) is 7.85. The van der Waals surface area contributed by atoms with E-state index in [-0.39, 0.29) is 17.7 Å². The van der Waals surface area contributed by atoms with Crippen molar-refractivity contribution in [3.05, 3.63) is 53.0 Å². The number of aromatic nitrogens is 3. The first-order valence-corrected chi connectivity index (χ1v) is 10.4. The molecule has 10 heteroatoms. The molecular formula is C20H18FN7OS. The largest absolute Gasteiger partial charge is 0.474 e. The Labute approximate surface area is 176 Å². The topological polar surface area (TPSA) is 90.2 Å². The third-order valence-corrected chi connectivity index (χ3v) is 5.95. The van der Waals surface area contributed by atoms with Gasteiger partial charge in [0.25, 0.3) is 0 Å². The van der Waals surface area contributed by atoms with E-state index in [9.17, 15) is 4.39 Å². The molecule has 152 valence electrons. The maximum absolute atomic E-state index is 15.0. The van der Waals surface area contributed by atoms with Crippen molar-refractivity contribution in [1.82, 2.24) is 19.9 Å². The summed E-state index contributed by atoms with van der Waals surface area (Å²) in [6, 6.07) is 7.51. The van der Waals surface area contributed by atoms with E-state index in [0.29, 0.717) is 35.4 Å². The SMILES string of the molecule is N#Cc1ccc2c(n1)OCC1CN(Cc3ccnc(Nc4nccs4)c3F)CCN21. The molecule has 0 aromatic carbocycles. The Morgan fingerprint density at radius 3 is 3.03 bits per heavy atom. The zero-order chi connectivity index (χ0) is 20.5. The number of piperazine rings is 1. The minimum atomic E-state index is -0.353. The van der Waals surface area contributed by atoms with Crippen LogP contribution >= 0.6 is 11.3 Å². The molecule has 8 nitrogen and oxygen atoms in total. The molecule has 1 atom stereocenters. The van der Waals surface area contributed by atoms with Crippen LogP contribution in [0, 0.1) is 17.1 Å². The van der Waals surface area contributed by atoms with Crippen molar-refractivity contribution in [2.45, 2.75) is 12.6 Å². The number of thiazole rings is 1. The standard InChI is InChI=1S/C20H18FN7OS/c21-17-13(3-4-23-18(17)26-20-24-5-8-30-20)10-27-6-7-28-15(11-27)12-29-19-16(28)2-1-14(9-22)25-19/h1-5,8,15H,6-7,10-12H2,(H,23,24,26). The lowest BCUT2D eigenvalue weighted by Crippen LogP contribution is -2.57. The van der Waals surface area contributed by atoms with Crippen LogP contribution in [-0.4, -0.2) is 52.1 Å². The first-order chi connectivity index (χ1) is 14.7. The number of fused-ring (bicyclic) bond motifs is 3. The van der Waals surface area contributed by atoms with Crippen molar-refractivity contribution in [1.29, 1.82) is 5.26 Å². The molecule has 5 heterocycles. The highest BCUT2D eigenvalue weighted by molar-refractivity contribution is 7.13. The van der Waals surface area contributed by atoms with Gasteiger partial charge in [0.1, 0.15) is 24.1 Å². The summed E-state index contributed by atoms with van der Waals surface area (Å²) in [5.41, 5.74) is 1.85. The molecule has 0 aliphatic carbocycles. The summed E-state index contributed by atoms with van der Waals surface area (Å²) in [5.74, 6) is 0.348. The van der Waals surface area contributed by atoms with Crippen molar-refractivity contribution in [3.63, 3.8) is 0 Å². The highest BCUT2D eigenvalue weighted by atomic mass is 32.1. The van der Waals surface area contributed by atoms with Gasteiger partial charge in [-0.05, 0) is 18.2 Å². The van der Waals surface area contributed by atoms with E-state index >= 15 is 0 Å². The van der Waals surface area contributed by atoms with Crippen LogP contribution in [0.4, 0.5) is 21.0 Å².